The number of hydrogen-bond acceptors (Lipinski definition) is 2. The molecule has 0 unspecified atom stereocenters. The smallest absolute Gasteiger partial charge is 0.253 e. The quantitative estimate of drug-likeness (QED) is 0.566. The summed E-state index contributed by atoms with van der Waals surface area (Å²) in [5.74, 6) is -0.122. The van der Waals surface area contributed by atoms with E-state index in [-0.39, 0.29) is 18.0 Å². The van der Waals surface area contributed by atoms with Crippen molar-refractivity contribution in [3.05, 3.63) is 57.1 Å². The highest BCUT2D eigenvalue weighted by Crippen LogP contribution is 2.04. The third-order valence-corrected chi connectivity index (χ3v) is 3.18. The van der Waals surface area contributed by atoms with Crippen LogP contribution in [-0.4, -0.2) is 28.5 Å². The van der Waals surface area contributed by atoms with Gasteiger partial charge in [-0.05, 0) is 35.6 Å². The van der Waals surface area contributed by atoms with E-state index in [1.54, 1.807) is 36.2 Å². The first-order chi connectivity index (χ1) is 8.99. The lowest BCUT2D eigenvalue weighted by Gasteiger charge is -2.20. The first-order valence-corrected chi connectivity index (χ1v) is 6.93. The highest BCUT2D eigenvalue weighted by molar-refractivity contribution is 14.1. The number of carbonyl (C=O) groups excluding carboxylic acids is 1. The molecule has 1 aromatic rings. The Morgan fingerprint density at radius 2 is 2.00 bits per heavy atom. The lowest BCUT2D eigenvalue weighted by molar-refractivity contribution is -0.130. The molecule has 0 saturated carbocycles. The van der Waals surface area contributed by atoms with Crippen LogP contribution < -0.4 is 5.56 Å². The SMILES string of the molecule is C=CCN(CC=C)C(=O)Cn1cc(I)cc(C)c1=O. The molecule has 0 fully saturated rings. The zero-order valence-corrected chi connectivity index (χ0v) is 13.1. The molecule has 0 atom stereocenters. The van der Waals surface area contributed by atoms with Crippen LogP contribution in [0.4, 0.5) is 0 Å². The molecule has 1 aromatic heterocycles. The Balaban J connectivity index is 2.95. The number of rotatable bonds is 6. The highest BCUT2D eigenvalue weighted by Gasteiger charge is 2.13. The molecule has 1 amide bonds. The average Bonchev–Trinajstić information content (AvgIpc) is 2.35. The van der Waals surface area contributed by atoms with Crippen molar-refractivity contribution in [1.82, 2.24) is 9.47 Å². The summed E-state index contributed by atoms with van der Waals surface area (Å²) in [4.78, 5) is 25.7. The van der Waals surface area contributed by atoms with Crippen LogP contribution in [0, 0.1) is 10.5 Å². The van der Waals surface area contributed by atoms with Crippen molar-refractivity contribution in [1.29, 1.82) is 0 Å². The van der Waals surface area contributed by atoms with Crippen LogP contribution in [-0.2, 0) is 11.3 Å². The maximum absolute atomic E-state index is 12.1. The normalized spacial score (nSPS) is 10.0. The molecule has 0 bridgehead atoms. The highest BCUT2D eigenvalue weighted by atomic mass is 127. The Hall–Kier alpha value is -1.37. The van der Waals surface area contributed by atoms with E-state index in [9.17, 15) is 9.59 Å². The Kier molecular flexibility index (Phi) is 6.01. The summed E-state index contributed by atoms with van der Waals surface area (Å²) in [7, 11) is 0. The fourth-order valence-corrected chi connectivity index (χ4v) is 2.50. The predicted octanol–water partition coefficient (Wildman–Crippen LogP) is 1.96. The summed E-state index contributed by atoms with van der Waals surface area (Å²) >= 11 is 2.13. The molecule has 4 nitrogen and oxygen atoms in total. The third kappa shape index (κ3) is 4.34. The first kappa shape index (κ1) is 15.7. The van der Waals surface area contributed by atoms with Crippen LogP contribution in [0.2, 0.25) is 0 Å². The zero-order valence-electron chi connectivity index (χ0n) is 10.9. The van der Waals surface area contributed by atoms with E-state index in [4.69, 9.17) is 0 Å². The molecule has 0 aliphatic carbocycles. The van der Waals surface area contributed by atoms with E-state index in [2.05, 4.69) is 35.7 Å². The number of amides is 1. The van der Waals surface area contributed by atoms with E-state index < -0.39 is 0 Å². The molecule has 19 heavy (non-hydrogen) atoms. The summed E-state index contributed by atoms with van der Waals surface area (Å²) in [6, 6.07) is 1.80. The minimum absolute atomic E-state index is 0.0399. The van der Waals surface area contributed by atoms with Crippen LogP contribution >= 0.6 is 22.6 Å². The molecule has 102 valence electrons. The van der Waals surface area contributed by atoms with Gasteiger partial charge in [0, 0.05) is 28.4 Å². The minimum Gasteiger partial charge on any atom is -0.334 e. The van der Waals surface area contributed by atoms with Crippen LogP contribution in [0.15, 0.2) is 42.4 Å². The predicted molar refractivity (Wildman–Crippen MR) is 85.1 cm³/mol. The zero-order chi connectivity index (χ0) is 14.4. The van der Waals surface area contributed by atoms with E-state index in [0.717, 1.165) is 3.57 Å². The summed E-state index contributed by atoms with van der Waals surface area (Å²) in [6.45, 7) is 9.92. The third-order valence-electron chi connectivity index (χ3n) is 2.59. The van der Waals surface area contributed by atoms with Crippen LogP contribution in [0.5, 0.6) is 0 Å². The minimum atomic E-state index is -0.133. The second kappa shape index (κ2) is 7.28. The van der Waals surface area contributed by atoms with Crippen molar-refractivity contribution >= 4 is 28.5 Å². The molecule has 0 aromatic carbocycles. The molecule has 0 radical (unpaired) electrons. The van der Waals surface area contributed by atoms with Gasteiger partial charge in [0.2, 0.25) is 5.91 Å². The van der Waals surface area contributed by atoms with Crippen molar-refractivity contribution in [2.75, 3.05) is 13.1 Å². The Bertz CT molecular complexity index is 539. The van der Waals surface area contributed by atoms with Gasteiger partial charge in [-0.2, -0.15) is 0 Å². The van der Waals surface area contributed by atoms with Crippen molar-refractivity contribution in [3.63, 3.8) is 0 Å². The fourth-order valence-electron chi connectivity index (χ4n) is 1.69. The molecular formula is C14H17IN2O2. The molecular weight excluding hydrogens is 355 g/mol. The number of aryl methyl sites for hydroxylation is 1. The number of hydrogen-bond donors (Lipinski definition) is 0. The van der Waals surface area contributed by atoms with E-state index in [1.807, 2.05) is 0 Å². The van der Waals surface area contributed by atoms with Gasteiger partial charge in [0.25, 0.3) is 5.56 Å². The van der Waals surface area contributed by atoms with Gasteiger partial charge in [0.05, 0.1) is 0 Å². The van der Waals surface area contributed by atoms with Gasteiger partial charge in [-0.3, -0.25) is 9.59 Å². The summed E-state index contributed by atoms with van der Waals surface area (Å²) in [5, 5.41) is 0. The molecule has 1 heterocycles. The van der Waals surface area contributed by atoms with E-state index in [0.29, 0.717) is 18.7 Å². The van der Waals surface area contributed by atoms with E-state index in [1.165, 1.54) is 4.57 Å². The Morgan fingerprint density at radius 1 is 1.42 bits per heavy atom. The first-order valence-electron chi connectivity index (χ1n) is 5.85. The van der Waals surface area contributed by atoms with Crippen LogP contribution in [0.3, 0.4) is 0 Å². The molecule has 5 heteroatoms. The average molecular weight is 372 g/mol. The van der Waals surface area contributed by atoms with Gasteiger partial charge in [-0.15, -0.1) is 13.2 Å². The lowest BCUT2D eigenvalue weighted by atomic mass is 10.3. The van der Waals surface area contributed by atoms with Crippen molar-refractivity contribution < 1.29 is 4.79 Å². The molecule has 0 spiro atoms. The van der Waals surface area contributed by atoms with Crippen LogP contribution in [0.1, 0.15) is 5.56 Å². The molecule has 0 saturated heterocycles. The largest absolute Gasteiger partial charge is 0.334 e. The van der Waals surface area contributed by atoms with Gasteiger partial charge >= 0.3 is 0 Å². The standard InChI is InChI=1S/C14H17IN2O2/c1-4-6-16(7-5-2)13(18)10-17-9-12(15)8-11(3)14(17)19/h4-5,8-9H,1-2,6-7,10H2,3H3. The second-order valence-electron chi connectivity index (χ2n) is 4.15. The molecule has 0 aliphatic heterocycles. The number of halogens is 1. The molecule has 1 rings (SSSR count). The maximum atomic E-state index is 12.1. The summed E-state index contributed by atoms with van der Waals surface area (Å²) in [6.07, 6.45) is 5.00. The van der Waals surface area contributed by atoms with E-state index >= 15 is 0 Å². The monoisotopic (exact) mass is 372 g/mol. The van der Waals surface area contributed by atoms with Crippen molar-refractivity contribution in [3.8, 4) is 0 Å². The number of pyridine rings is 1. The Morgan fingerprint density at radius 3 is 2.53 bits per heavy atom. The van der Waals surface area contributed by atoms with Gasteiger partial charge in [0.1, 0.15) is 6.54 Å². The number of nitrogens with zero attached hydrogens (tertiary/aromatic N) is 2. The van der Waals surface area contributed by atoms with Gasteiger partial charge in [-0.25, -0.2) is 0 Å². The van der Waals surface area contributed by atoms with Crippen LogP contribution in [0.25, 0.3) is 0 Å². The maximum Gasteiger partial charge on any atom is 0.253 e. The van der Waals surface area contributed by atoms with Gasteiger partial charge in [0.15, 0.2) is 0 Å². The molecule has 0 aliphatic rings. The van der Waals surface area contributed by atoms with Gasteiger partial charge < -0.3 is 9.47 Å². The molecule has 0 N–H and O–H groups in total. The summed E-state index contributed by atoms with van der Waals surface area (Å²) in [5.41, 5.74) is 0.504. The lowest BCUT2D eigenvalue weighted by Crippen LogP contribution is -2.37. The fraction of sp³-hybridized carbons (Fsp3) is 0.286. The van der Waals surface area contributed by atoms with Crippen molar-refractivity contribution in [2.45, 2.75) is 13.5 Å². The number of carbonyl (C=O) groups is 1. The topological polar surface area (TPSA) is 42.3 Å². The number of aromatic nitrogens is 1. The summed E-state index contributed by atoms with van der Waals surface area (Å²) < 4.78 is 2.38. The second-order valence-corrected chi connectivity index (χ2v) is 5.40. The van der Waals surface area contributed by atoms with Gasteiger partial charge in [-0.1, -0.05) is 12.2 Å². The van der Waals surface area contributed by atoms with Crippen molar-refractivity contribution in [2.24, 2.45) is 0 Å². The Labute approximate surface area is 126 Å².